The molecule has 1 aliphatic rings. The first-order valence-electron chi connectivity index (χ1n) is 5.72. The second-order valence-corrected chi connectivity index (χ2v) is 4.56. The van der Waals surface area contributed by atoms with Crippen LogP contribution in [0.15, 0.2) is 18.2 Å². The third-order valence-corrected chi connectivity index (χ3v) is 3.13. The summed E-state index contributed by atoms with van der Waals surface area (Å²) in [6.45, 7) is 2.92. The van der Waals surface area contributed by atoms with Gasteiger partial charge in [-0.15, -0.1) is 0 Å². The summed E-state index contributed by atoms with van der Waals surface area (Å²) in [4.78, 5) is 17.5. The molecule has 1 aliphatic heterocycles. The van der Waals surface area contributed by atoms with Crippen LogP contribution < -0.4 is 10.6 Å². The van der Waals surface area contributed by atoms with Crippen molar-refractivity contribution in [3.63, 3.8) is 0 Å². The van der Waals surface area contributed by atoms with Crippen LogP contribution in [0.4, 0.5) is 5.82 Å². The van der Waals surface area contributed by atoms with Gasteiger partial charge in [-0.25, -0.2) is 4.98 Å². The molecule has 17 heavy (non-hydrogen) atoms. The molecule has 1 aromatic heterocycles. The zero-order valence-electron chi connectivity index (χ0n) is 9.89. The number of amides is 1. The number of aromatic nitrogens is 1. The average molecular weight is 235 g/mol. The fraction of sp³-hybridized carbons (Fsp3) is 0.500. The highest BCUT2D eigenvalue weighted by atomic mass is 16.3. The molecule has 1 amide bonds. The van der Waals surface area contributed by atoms with E-state index in [0.717, 1.165) is 24.5 Å². The second-order valence-electron chi connectivity index (χ2n) is 4.56. The maximum absolute atomic E-state index is 11.2. The van der Waals surface area contributed by atoms with Crippen molar-refractivity contribution in [3.8, 4) is 0 Å². The molecule has 1 aromatic rings. The van der Waals surface area contributed by atoms with E-state index >= 15 is 0 Å². The van der Waals surface area contributed by atoms with E-state index in [4.69, 9.17) is 5.73 Å². The number of piperidine rings is 1. The number of aliphatic hydroxyl groups is 1. The van der Waals surface area contributed by atoms with Crippen LogP contribution in [0, 0.1) is 6.92 Å². The molecule has 0 aromatic carbocycles. The van der Waals surface area contributed by atoms with Gasteiger partial charge in [0.15, 0.2) is 5.60 Å². The maximum atomic E-state index is 11.2. The Hall–Kier alpha value is -1.62. The smallest absolute Gasteiger partial charge is 0.251 e. The lowest BCUT2D eigenvalue weighted by atomic mass is 9.92. The van der Waals surface area contributed by atoms with Crippen molar-refractivity contribution >= 4 is 11.7 Å². The molecule has 3 N–H and O–H groups in total. The number of pyridine rings is 1. The highest BCUT2D eigenvalue weighted by Crippen LogP contribution is 2.24. The SMILES string of the molecule is Cc1cccc(N2CCCC(O)(C(N)=O)C2)n1. The molecule has 2 rings (SSSR count). The molecule has 0 radical (unpaired) electrons. The quantitative estimate of drug-likeness (QED) is 0.767. The highest BCUT2D eigenvalue weighted by Gasteiger charge is 2.39. The molecule has 1 atom stereocenters. The van der Waals surface area contributed by atoms with Gasteiger partial charge in [0.2, 0.25) is 0 Å². The van der Waals surface area contributed by atoms with Gasteiger partial charge in [0.05, 0.1) is 6.54 Å². The van der Waals surface area contributed by atoms with E-state index in [1.807, 2.05) is 30.0 Å². The zero-order chi connectivity index (χ0) is 12.5. The maximum Gasteiger partial charge on any atom is 0.251 e. The monoisotopic (exact) mass is 235 g/mol. The van der Waals surface area contributed by atoms with E-state index in [-0.39, 0.29) is 6.54 Å². The fourth-order valence-corrected chi connectivity index (χ4v) is 2.14. The normalized spacial score (nSPS) is 24.7. The van der Waals surface area contributed by atoms with Gasteiger partial charge >= 0.3 is 0 Å². The fourth-order valence-electron chi connectivity index (χ4n) is 2.14. The molecule has 1 saturated heterocycles. The van der Waals surface area contributed by atoms with Crippen molar-refractivity contribution in [1.29, 1.82) is 0 Å². The molecular formula is C12H17N3O2. The summed E-state index contributed by atoms with van der Waals surface area (Å²) in [6.07, 6.45) is 1.15. The molecule has 0 bridgehead atoms. The average Bonchev–Trinajstić information content (AvgIpc) is 2.29. The number of anilines is 1. The van der Waals surface area contributed by atoms with E-state index in [1.165, 1.54) is 0 Å². The number of primary amides is 1. The Balaban J connectivity index is 2.20. The van der Waals surface area contributed by atoms with Crippen LogP contribution in [0.2, 0.25) is 0 Å². The number of aryl methyl sites for hydroxylation is 1. The summed E-state index contributed by atoms with van der Waals surface area (Å²) in [5.41, 5.74) is 4.72. The molecule has 1 fully saturated rings. The molecule has 0 spiro atoms. The zero-order valence-corrected chi connectivity index (χ0v) is 9.89. The summed E-state index contributed by atoms with van der Waals surface area (Å²) in [6, 6.07) is 5.70. The standard InChI is InChI=1S/C12H17N3O2/c1-9-4-2-5-10(14-9)15-7-3-6-12(17,8-15)11(13)16/h2,4-5,17H,3,6-8H2,1H3,(H2,13,16). The first kappa shape index (κ1) is 11.9. The first-order valence-corrected chi connectivity index (χ1v) is 5.72. The first-order chi connectivity index (χ1) is 8.01. The predicted octanol–water partition coefficient (Wildman–Crippen LogP) is 0.207. The topological polar surface area (TPSA) is 79.5 Å². The molecular weight excluding hydrogens is 218 g/mol. The number of carbonyl (C=O) groups excluding carboxylic acids is 1. The van der Waals surface area contributed by atoms with Crippen molar-refractivity contribution in [2.75, 3.05) is 18.0 Å². The Kier molecular flexibility index (Phi) is 3.02. The van der Waals surface area contributed by atoms with Crippen LogP contribution in [0.5, 0.6) is 0 Å². The van der Waals surface area contributed by atoms with Crippen LogP contribution >= 0.6 is 0 Å². The van der Waals surface area contributed by atoms with Crippen LogP contribution in [-0.4, -0.2) is 34.7 Å². The number of nitrogens with two attached hydrogens (primary N) is 1. The number of carbonyl (C=O) groups is 1. The van der Waals surface area contributed by atoms with Gasteiger partial charge in [0, 0.05) is 12.2 Å². The van der Waals surface area contributed by atoms with E-state index in [1.54, 1.807) is 0 Å². The van der Waals surface area contributed by atoms with Crippen molar-refractivity contribution < 1.29 is 9.90 Å². The van der Waals surface area contributed by atoms with Crippen molar-refractivity contribution in [1.82, 2.24) is 4.98 Å². The Labute approximate surface area is 100 Å². The van der Waals surface area contributed by atoms with Crippen LogP contribution in [0.1, 0.15) is 18.5 Å². The Bertz CT molecular complexity index is 436. The van der Waals surface area contributed by atoms with Crippen LogP contribution in [0.3, 0.4) is 0 Å². The lowest BCUT2D eigenvalue weighted by Crippen LogP contribution is -2.56. The summed E-state index contributed by atoms with van der Waals surface area (Å²) < 4.78 is 0. The number of nitrogens with zero attached hydrogens (tertiary/aromatic N) is 2. The van der Waals surface area contributed by atoms with Gasteiger partial charge in [-0.1, -0.05) is 6.07 Å². The molecule has 2 heterocycles. The van der Waals surface area contributed by atoms with Gasteiger partial charge < -0.3 is 15.7 Å². The van der Waals surface area contributed by atoms with Gasteiger partial charge in [0.25, 0.3) is 5.91 Å². The van der Waals surface area contributed by atoms with Crippen molar-refractivity contribution in [3.05, 3.63) is 23.9 Å². The van der Waals surface area contributed by atoms with Crippen LogP contribution in [-0.2, 0) is 4.79 Å². The largest absolute Gasteiger partial charge is 0.378 e. The van der Waals surface area contributed by atoms with Crippen molar-refractivity contribution in [2.45, 2.75) is 25.4 Å². The van der Waals surface area contributed by atoms with Crippen LogP contribution in [0.25, 0.3) is 0 Å². The number of rotatable bonds is 2. The second kappa shape index (κ2) is 4.33. The number of hydrogen-bond acceptors (Lipinski definition) is 4. The summed E-state index contributed by atoms with van der Waals surface area (Å²) in [5.74, 6) is 0.124. The Morgan fingerprint density at radius 2 is 2.35 bits per heavy atom. The van der Waals surface area contributed by atoms with E-state index in [0.29, 0.717) is 6.42 Å². The highest BCUT2D eigenvalue weighted by molar-refractivity contribution is 5.84. The third-order valence-electron chi connectivity index (χ3n) is 3.13. The number of β-amino-alcohol motifs (C(OH)–C–C–N with tert-alkyl or cyclic N) is 1. The molecule has 5 heteroatoms. The Morgan fingerprint density at radius 3 is 3.00 bits per heavy atom. The predicted molar refractivity (Wildman–Crippen MR) is 64.6 cm³/mol. The molecule has 5 nitrogen and oxygen atoms in total. The molecule has 0 saturated carbocycles. The van der Waals surface area contributed by atoms with Gasteiger partial charge in [-0.2, -0.15) is 0 Å². The Morgan fingerprint density at radius 1 is 1.59 bits per heavy atom. The minimum atomic E-state index is -1.43. The molecule has 92 valence electrons. The molecule has 1 unspecified atom stereocenters. The lowest BCUT2D eigenvalue weighted by Gasteiger charge is -2.37. The number of hydrogen-bond donors (Lipinski definition) is 2. The lowest BCUT2D eigenvalue weighted by molar-refractivity contribution is -0.137. The van der Waals surface area contributed by atoms with E-state index < -0.39 is 11.5 Å². The third kappa shape index (κ3) is 2.39. The minimum absolute atomic E-state index is 0.221. The minimum Gasteiger partial charge on any atom is -0.378 e. The van der Waals surface area contributed by atoms with Gasteiger partial charge in [-0.05, 0) is 31.9 Å². The summed E-state index contributed by atoms with van der Waals surface area (Å²) in [5, 5.41) is 10.1. The molecule has 0 aliphatic carbocycles. The van der Waals surface area contributed by atoms with Crippen molar-refractivity contribution in [2.24, 2.45) is 5.73 Å². The summed E-state index contributed by atoms with van der Waals surface area (Å²) >= 11 is 0. The van der Waals surface area contributed by atoms with Gasteiger partial charge in [0.1, 0.15) is 5.82 Å². The van der Waals surface area contributed by atoms with E-state index in [9.17, 15) is 9.90 Å². The summed E-state index contributed by atoms with van der Waals surface area (Å²) in [7, 11) is 0. The van der Waals surface area contributed by atoms with E-state index in [2.05, 4.69) is 4.98 Å². The van der Waals surface area contributed by atoms with Gasteiger partial charge in [-0.3, -0.25) is 4.79 Å².